The first-order valence-corrected chi connectivity index (χ1v) is 13.0. The first-order valence-electron chi connectivity index (χ1n) is 11.5. The van der Waals surface area contributed by atoms with E-state index < -0.39 is 10.0 Å². The van der Waals surface area contributed by atoms with E-state index in [2.05, 4.69) is 12.1 Å². The van der Waals surface area contributed by atoms with Gasteiger partial charge < -0.3 is 9.64 Å². The van der Waals surface area contributed by atoms with Crippen LogP contribution in [-0.4, -0.2) is 56.3 Å². The molecule has 2 aliphatic heterocycles. The summed E-state index contributed by atoms with van der Waals surface area (Å²) >= 11 is 0. The second kappa shape index (κ2) is 10.0. The van der Waals surface area contributed by atoms with Crippen LogP contribution in [-0.2, 0) is 16.4 Å². The monoisotopic (exact) mass is 456 g/mol. The molecular weight excluding hydrogens is 424 g/mol. The zero-order chi connectivity index (χ0) is 22.6. The molecule has 0 radical (unpaired) electrons. The number of hydrogen-bond donors (Lipinski definition) is 0. The molecule has 0 spiro atoms. The van der Waals surface area contributed by atoms with Gasteiger partial charge in [0.15, 0.2) is 0 Å². The molecule has 0 aromatic heterocycles. The average molecular weight is 457 g/mol. The Bertz CT molecular complexity index is 1030. The van der Waals surface area contributed by atoms with E-state index >= 15 is 0 Å². The van der Waals surface area contributed by atoms with Gasteiger partial charge in [-0.05, 0) is 55.9 Å². The quantitative estimate of drug-likeness (QED) is 0.656. The van der Waals surface area contributed by atoms with Crippen molar-refractivity contribution in [2.75, 3.05) is 26.7 Å². The van der Waals surface area contributed by atoms with Crippen LogP contribution in [0, 0.1) is 0 Å². The summed E-state index contributed by atoms with van der Waals surface area (Å²) in [6.45, 7) is 1.71. The van der Waals surface area contributed by atoms with E-state index in [0.717, 1.165) is 44.9 Å². The molecule has 1 atom stereocenters. The normalized spacial score (nSPS) is 20.2. The average Bonchev–Trinajstić information content (AvgIpc) is 3.09. The molecule has 2 heterocycles. The van der Waals surface area contributed by atoms with Gasteiger partial charge in [0.1, 0.15) is 10.6 Å². The van der Waals surface area contributed by atoms with Crippen LogP contribution >= 0.6 is 0 Å². The van der Waals surface area contributed by atoms with Gasteiger partial charge in [-0.3, -0.25) is 4.79 Å². The fourth-order valence-corrected chi connectivity index (χ4v) is 6.50. The number of rotatable bonds is 6. The molecule has 0 saturated carbocycles. The Balaban J connectivity index is 1.60. The Morgan fingerprint density at radius 2 is 1.69 bits per heavy atom. The van der Waals surface area contributed by atoms with Crippen molar-refractivity contribution in [1.29, 1.82) is 0 Å². The second-order valence-corrected chi connectivity index (χ2v) is 10.6. The number of likely N-dealkylation sites (tertiary alicyclic amines) is 1. The molecule has 0 bridgehead atoms. The molecule has 2 aromatic rings. The van der Waals surface area contributed by atoms with Crippen molar-refractivity contribution in [2.24, 2.45) is 0 Å². The number of carbonyl (C=O) groups excluding carboxylic acids is 1. The Kier molecular flexibility index (Phi) is 7.16. The van der Waals surface area contributed by atoms with Crippen molar-refractivity contribution in [3.63, 3.8) is 0 Å². The lowest BCUT2D eigenvalue weighted by atomic mass is 10.0. The summed E-state index contributed by atoms with van der Waals surface area (Å²) in [6, 6.07) is 15.1. The molecule has 32 heavy (non-hydrogen) atoms. The van der Waals surface area contributed by atoms with E-state index in [-0.39, 0.29) is 22.6 Å². The van der Waals surface area contributed by atoms with Crippen molar-refractivity contribution in [3.8, 4) is 5.75 Å². The van der Waals surface area contributed by atoms with Crippen LogP contribution in [0.4, 0.5) is 0 Å². The molecule has 0 aliphatic carbocycles. The smallest absolute Gasteiger partial charge is 0.254 e. The summed E-state index contributed by atoms with van der Waals surface area (Å²) in [7, 11) is -2.27. The maximum Gasteiger partial charge on any atom is 0.254 e. The summed E-state index contributed by atoms with van der Waals surface area (Å²) in [4.78, 5) is 15.4. The minimum atomic E-state index is -3.73. The Morgan fingerprint density at radius 3 is 2.38 bits per heavy atom. The fourth-order valence-electron chi connectivity index (χ4n) is 4.80. The third kappa shape index (κ3) is 4.84. The zero-order valence-electron chi connectivity index (χ0n) is 18.7. The molecule has 1 unspecified atom stereocenters. The zero-order valence-corrected chi connectivity index (χ0v) is 19.5. The number of methoxy groups -OCH3 is 1. The number of benzene rings is 2. The van der Waals surface area contributed by atoms with E-state index in [4.69, 9.17) is 4.74 Å². The SMILES string of the molecule is COc1ccc(C(=O)N2CCCC2Cc2ccccc2)cc1S(=O)(=O)N1CCCCCC1. The van der Waals surface area contributed by atoms with E-state index in [1.54, 1.807) is 16.4 Å². The minimum Gasteiger partial charge on any atom is -0.495 e. The van der Waals surface area contributed by atoms with Crippen molar-refractivity contribution >= 4 is 15.9 Å². The van der Waals surface area contributed by atoms with Crippen LogP contribution in [0.25, 0.3) is 0 Å². The summed E-state index contributed by atoms with van der Waals surface area (Å²) in [5, 5.41) is 0. The molecule has 0 N–H and O–H groups in total. The van der Waals surface area contributed by atoms with E-state index in [9.17, 15) is 13.2 Å². The number of carbonyl (C=O) groups is 1. The van der Waals surface area contributed by atoms with Crippen LogP contribution in [0.2, 0.25) is 0 Å². The van der Waals surface area contributed by atoms with Crippen molar-refractivity contribution in [3.05, 3.63) is 59.7 Å². The lowest BCUT2D eigenvalue weighted by Gasteiger charge is -2.26. The van der Waals surface area contributed by atoms with Crippen LogP contribution in [0.1, 0.15) is 54.4 Å². The number of amides is 1. The predicted molar refractivity (Wildman–Crippen MR) is 124 cm³/mol. The summed E-state index contributed by atoms with van der Waals surface area (Å²) < 4.78 is 33.8. The highest BCUT2D eigenvalue weighted by molar-refractivity contribution is 7.89. The number of nitrogens with zero attached hydrogens (tertiary/aromatic N) is 2. The highest BCUT2D eigenvalue weighted by Gasteiger charge is 2.32. The lowest BCUT2D eigenvalue weighted by molar-refractivity contribution is 0.0736. The van der Waals surface area contributed by atoms with Crippen LogP contribution in [0.3, 0.4) is 0 Å². The van der Waals surface area contributed by atoms with Gasteiger partial charge in [-0.1, -0.05) is 43.2 Å². The predicted octanol–water partition coefficient (Wildman–Crippen LogP) is 4.11. The number of ether oxygens (including phenoxy) is 1. The van der Waals surface area contributed by atoms with E-state index in [1.807, 2.05) is 23.1 Å². The Labute approximate surface area is 191 Å². The van der Waals surface area contributed by atoms with Gasteiger partial charge >= 0.3 is 0 Å². The molecule has 2 aliphatic rings. The van der Waals surface area contributed by atoms with Gasteiger partial charge in [-0.2, -0.15) is 4.31 Å². The van der Waals surface area contributed by atoms with Crippen molar-refractivity contribution in [2.45, 2.75) is 55.9 Å². The molecule has 1 amide bonds. The van der Waals surface area contributed by atoms with Gasteiger partial charge in [0.25, 0.3) is 5.91 Å². The topological polar surface area (TPSA) is 66.9 Å². The van der Waals surface area contributed by atoms with Crippen molar-refractivity contribution < 1.29 is 17.9 Å². The molecule has 2 fully saturated rings. The Hall–Kier alpha value is -2.38. The molecule has 172 valence electrons. The maximum absolute atomic E-state index is 13.4. The van der Waals surface area contributed by atoms with Gasteiger partial charge in [-0.15, -0.1) is 0 Å². The third-order valence-corrected chi connectivity index (χ3v) is 8.47. The van der Waals surface area contributed by atoms with Crippen LogP contribution < -0.4 is 4.74 Å². The van der Waals surface area contributed by atoms with Gasteiger partial charge in [0.2, 0.25) is 10.0 Å². The summed E-state index contributed by atoms with van der Waals surface area (Å²) in [5.74, 6) is 0.173. The number of sulfonamides is 1. The molecular formula is C25H32N2O4S. The van der Waals surface area contributed by atoms with Crippen LogP contribution in [0.5, 0.6) is 5.75 Å². The highest BCUT2D eigenvalue weighted by Crippen LogP contribution is 2.31. The van der Waals surface area contributed by atoms with Gasteiger partial charge in [0, 0.05) is 31.2 Å². The summed E-state index contributed by atoms with van der Waals surface area (Å²) in [6.07, 6.45) is 6.51. The van der Waals surface area contributed by atoms with E-state index in [0.29, 0.717) is 25.2 Å². The summed E-state index contributed by atoms with van der Waals surface area (Å²) in [5.41, 5.74) is 1.61. The van der Waals surface area contributed by atoms with Gasteiger partial charge in [-0.25, -0.2) is 8.42 Å². The molecule has 2 saturated heterocycles. The second-order valence-electron chi connectivity index (χ2n) is 8.67. The fraction of sp³-hybridized carbons (Fsp3) is 0.480. The third-order valence-electron chi connectivity index (χ3n) is 6.55. The minimum absolute atomic E-state index is 0.0894. The molecule has 4 rings (SSSR count). The lowest BCUT2D eigenvalue weighted by Crippen LogP contribution is -2.37. The Morgan fingerprint density at radius 1 is 0.969 bits per heavy atom. The first-order chi connectivity index (χ1) is 15.5. The van der Waals surface area contributed by atoms with E-state index in [1.165, 1.54) is 18.7 Å². The largest absolute Gasteiger partial charge is 0.495 e. The highest BCUT2D eigenvalue weighted by atomic mass is 32.2. The molecule has 6 nitrogen and oxygen atoms in total. The molecule has 2 aromatic carbocycles. The van der Waals surface area contributed by atoms with Gasteiger partial charge in [0.05, 0.1) is 7.11 Å². The van der Waals surface area contributed by atoms with Crippen LogP contribution in [0.15, 0.2) is 53.4 Å². The van der Waals surface area contributed by atoms with Crippen molar-refractivity contribution in [1.82, 2.24) is 9.21 Å². The standard InChI is InChI=1S/C25H32N2O4S/c1-31-23-14-13-21(19-24(23)32(29,30)26-15-7-2-3-8-16-26)25(28)27-17-9-12-22(27)18-20-10-5-4-6-11-20/h4-6,10-11,13-14,19,22H,2-3,7-9,12,15-18H2,1H3. The first kappa shape index (κ1) is 22.8. The number of hydrogen-bond acceptors (Lipinski definition) is 4. The molecule has 7 heteroatoms. The maximum atomic E-state index is 13.4.